The zero-order valence-electron chi connectivity index (χ0n) is 18.1. The maximum absolute atomic E-state index is 12.8. The van der Waals surface area contributed by atoms with Gasteiger partial charge in [0.05, 0.1) is 5.52 Å². The van der Waals surface area contributed by atoms with E-state index < -0.39 is 0 Å². The van der Waals surface area contributed by atoms with Crippen LogP contribution in [0.5, 0.6) is 0 Å². The van der Waals surface area contributed by atoms with Gasteiger partial charge in [-0.05, 0) is 69.8 Å². The average molecular weight is 430 g/mol. The Morgan fingerprint density at radius 2 is 1.93 bits per heavy atom. The van der Waals surface area contributed by atoms with Gasteiger partial charge in [-0.3, -0.25) is 4.79 Å². The van der Waals surface area contributed by atoms with Gasteiger partial charge in [-0.1, -0.05) is 19.1 Å². The molecule has 0 saturated carbocycles. The van der Waals surface area contributed by atoms with Crippen LogP contribution in [-0.2, 0) is 11.2 Å². The fraction of sp³-hybridized carbons (Fsp3) is 0.522. The van der Waals surface area contributed by atoms with Crippen LogP contribution in [0.3, 0.4) is 0 Å². The molecule has 6 nitrogen and oxygen atoms in total. The van der Waals surface area contributed by atoms with Crippen molar-refractivity contribution in [3.05, 3.63) is 41.2 Å². The van der Waals surface area contributed by atoms with Crippen LogP contribution in [0, 0.1) is 19.8 Å². The Hall–Kier alpha value is -2.18. The van der Waals surface area contributed by atoms with Crippen molar-refractivity contribution < 1.29 is 4.79 Å². The number of rotatable bonds is 6. The Kier molecular flexibility index (Phi) is 7.32. The van der Waals surface area contributed by atoms with Crippen LogP contribution >= 0.6 is 12.4 Å². The van der Waals surface area contributed by atoms with Gasteiger partial charge in [0.2, 0.25) is 5.91 Å². The molecule has 0 unspecified atom stereocenters. The smallest absolute Gasteiger partial charge is 0.222 e. The van der Waals surface area contributed by atoms with Gasteiger partial charge in [0.15, 0.2) is 5.65 Å². The predicted molar refractivity (Wildman–Crippen MR) is 123 cm³/mol. The highest BCUT2D eigenvalue weighted by Gasteiger charge is 2.23. The molecule has 4 rings (SSSR count). The molecule has 3 heterocycles. The fourth-order valence-corrected chi connectivity index (χ4v) is 4.46. The quantitative estimate of drug-likeness (QED) is 0.648. The van der Waals surface area contributed by atoms with Crippen LogP contribution in [0.2, 0.25) is 0 Å². The topological polar surface area (TPSA) is 62.5 Å². The van der Waals surface area contributed by atoms with E-state index in [-0.39, 0.29) is 18.3 Å². The number of halogens is 1. The lowest BCUT2D eigenvalue weighted by molar-refractivity contribution is -0.132. The van der Waals surface area contributed by atoms with E-state index in [1.807, 2.05) is 34.5 Å². The van der Waals surface area contributed by atoms with Crippen LogP contribution in [0.25, 0.3) is 16.6 Å². The van der Waals surface area contributed by atoms with Gasteiger partial charge < -0.3 is 10.2 Å². The fourth-order valence-electron chi connectivity index (χ4n) is 4.46. The third kappa shape index (κ3) is 4.44. The van der Waals surface area contributed by atoms with Crippen molar-refractivity contribution in [3.63, 3.8) is 0 Å². The van der Waals surface area contributed by atoms with E-state index >= 15 is 0 Å². The van der Waals surface area contributed by atoms with E-state index in [4.69, 9.17) is 10.1 Å². The molecular formula is C23H32ClN5O. The molecule has 162 valence electrons. The molecular weight excluding hydrogens is 398 g/mol. The third-order valence-corrected chi connectivity index (χ3v) is 6.26. The zero-order chi connectivity index (χ0) is 20.4. The number of hydrogen-bond donors (Lipinski definition) is 1. The lowest BCUT2D eigenvalue weighted by Gasteiger charge is -2.32. The molecule has 1 aliphatic rings. The summed E-state index contributed by atoms with van der Waals surface area (Å²) in [5, 5.41) is 9.22. The van der Waals surface area contributed by atoms with Crippen LogP contribution < -0.4 is 5.32 Å². The average Bonchev–Trinajstić information content (AvgIpc) is 3.11. The molecule has 0 atom stereocenters. The first-order valence-electron chi connectivity index (χ1n) is 10.8. The minimum atomic E-state index is 0. The van der Waals surface area contributed by atoms with E-state index in [0.717, 1.165) is 72.5 Å². The number of piperidine rings is 1. The number of hydrogen-bond acceptors (Lipinski definition) is 4. The Morgan fingerprint density at radius 1 is 1.20 bits per heavy atom. The molecule has 7 heteroatoms. The van der Waals surface area contributed by atoms with E-state index in [0.29, 0.717) is 18.8 Å². The van der Waals surface area contributed by atoms with Crippen LogP contribution in [0.4, 0.5) is 0 Å². The Morgan fingerprint density at radius 3 is 2.67 bits per heavy atom. The van der Waals surface area contributed by atoms with Gasteiger partial charge in [0, 0.05) is 36.3 Å². The molecule has 0 spiro atoms. The molecule has 2 aromatic heterocycles. The van der Waals surface area contributed by atoms with E-state index in [1.165, 1.54) is 0 Å². The van der Waals surface area contributed by atoms with Gasteiger partial charge in [-0.15, -0.1) is 12.4 Å². The molecule has 1 amide bonds. The molecule has 3 aromatic rings. The molecule has 1 aliphatic heterocycles. The first-order chi connectivity index (χ1) is 14.1. The Bertz CT molecular complexity index is 1020. The third-order valence-electron chi connectivity index (χ3n) is 6.26. The van der Waals surface area contributed by atoms with E-state index in [9.17, 15) is 4.79 Å². The molecule has 1 aromatic carbocycles. The summed E-state index contributed by atoms with van der Waals surface area (Å²) in [6, 6.07) is 8.09. The predicted octanol–water partition coefficient (Wildman–Crippen LogP) is 3.70. The van der Waals surface area contributed by atoms with Crippen molar-refractivity contribution in [2.24, 2.45) is 5.92 Å². The van der Waals surface area contributed by atoms with Crippen molar-refractivity contribution >= 4 is 34.9 Å². The summed E-state index contributed by atoms with van der Waals surface area (Å²) in [5.41, 5.74) is 5.07. The summed E-state index contributed by atoms with van der Waals surface area (Å²) in [6.45, 7) is 10.1. The first kappa shape index (κ1) is 22.5. The maximum atomic E-state index is 12.8. The maximum Gasteiger partial charge on any atom is 0.222 e. The number of likely N-dealkylation sites (tertiary alicyclic amines) is 1. The summed E-state index contributed by atoms with van der Waals surface area (Å²) >= 11 is 0. The second-order valence-electron chi connectivity index (χ2n) is 8.15. The standard InChI is InChI=1S/C23H31N5O.ClH/c1-4-24-15-18-11-13-27(14-12-18)22(29)10-9-19-16(2)25-23-20-7-5-6-8-21(20)26-28(23)17(19)3;/h5-8,18,24H,4,9-15H2,1-3H3;1H. The largest absolute Gasteiger partial charge is 0.343 e. The van der Waals surface area contributed by atoms with E-state index in [2.05, 4.69) is 25.2 Å². The zero-order valence-corrected chi connectivity index (χ0v) is 19.0. The highest BCUT2D eigenvalue weighted by Crippen LogP contribution is 2.23. The summed E-state index contributed by atoms with van der Waals surface area (Å²) in [5.74, 6) is 0.959. The SMILES string of the molecule is CCNCC1CCN(C(=O)CCc2c(C)nc3c4ccccc4nn3c2C)CC1.Cl. The van der Waals surface area contributed by atoms with Gasteiger partial charge in [-0.25, -0.2) is 9.50 Å². The van der Waals surface area contributed by atoms with Crippen molar-refractivity contribution in [2.45, 2.75) is 46.5 Å². The number of carbonyl (C=O) groups is 1. The summed E-state index contributed by atoms with van der Waals surface area (Å²) in [6.07, 6.45) is 3.45. The second-order valence-corrected chi connectivity index (χ2v) is 8.15. The monoisotopic (exact) mass is 429 g/mol. The minimum absolute atomic E-state index is 0. The van der Waals surface area contributed by atoms with Crippen molar-refractivity contribution in [3.8, 4) is 0 Å². The van der Waals surface area contributed by atoms with Crippen molar-refractivity contribution in [1.29, 1.82) is 0 Å². The molecule has 1 saturated heterocycles. The van der Waals surface area contributed by atoms with Gasteiger partial charge in [0.25, 0.3) is 0 Å². The lowest BCUT2D eigenvalue weighted by Crippen LogP contribution is -2.40. The number of aromatic nitrogens is 3. The molecule has 0 aliphatic carbocycles. The normalized spacial score (nSPS) is 15.0. The number of aryl methyl sites for hydroxylation is 2. The van der Waals surface area contributed by atoms with Gasteiger partial charge >= 0.3 is 0 Å². The Labute approximate surface area is 184 Å². The number of fused-ring (bicyclic) bond motifs is 3. The van der Waals surface area contributed by atoms with E-state index in [1.54, 1.807) is 0 Å². The second kappa shape index (κ2) is 9.75. The molecule has 0 bridgehead atoms. The first-order valence-corrected chi connectivity index (χ1v) is 10.8. The summed E-state index contributed by atoms with van der Waals surface area (Å²) < 4.78 is 1.93. The van der Waals surface area contributed by atoms with Crippen LogP contribution in [-0.4, -0.2) is 51.6 Å². The Balaban J connectivity index is 0.00000256. The van der Waals surface area contributed by atoms with Crippen LogP contribution in [0.15, 0.2) is 24.3 Å². The summed E-state index contributed by atoms with van der Waals surface area (Å²) in [4.78, 5) is 19.7. The number of benzene rings is 1. The number of nitrogens with one attached hydrogen (secondary N) is 1. The molecule has 1 fully saturated rings. The van der Waals surface area contributed by atoms with Crippen molar-refractivity contribution in [2.75, 3.05) is 26.2 Å². The molecule has 1 N–H and O–H groups in total. The van der Waals surface area contributed by atoms with Crippen LogP contribution in [0.1, 0.15) is 43.1 Å². The number of nitrogens with zero attached hydrogens (tertiary/aromatic N) is 4. The highest BCUT2D eigenvalue weighted by atomic mass is 35.5. The highest BCUT2D eigenvalue weighted by molar-refractivity contribution is 5.92. The number of amides is 1. The minimum Gasteiger partial charge on any atom is -0.343 e. The lowest BCUT2D eigenvalue weighted by atomic mass is 9.96. The number of carbonyl (C=O) groups excluding carboxylic acids is 1. The van der Waals surface area contributed by atoms with Gasteiger partial charge in [-0.2, -0.15) is 5.10 Å². The molecule has 30 heavy (non-hydrogen) atoms. The molecule has 0 radical (unpaired) electrons. The summed E-state index contributed by atoms with van der Waals surface area (Å²) in [7, 11) is 0. The van der Waals surface area contributed by atoms with Crippen molar-refractivity contribution in [1.82, 2.24) is 24.8 Å². The van der Waals surface area contributed by atoms with Gasteiger partial charge in [0.1, 0.15) is 0 Å².